The number of ether oxygens (including phenoxy) is 1. The van der Waals surface area contributed by atoms with E-state index in [1.807, 2.05) is 6.92 Å². The Labute approximate surface area is 80.7 Å². The summed E-state index contributed by atoms with van der Waals surface area (Å²) in [4.78, 5) is 0. The summed E-state index contributed by atoms with van der Waals surface area (Å²) in [5.41, 5.74) is 0.103. The van der Waals surface area contributed by atoms with Crippen LogP contribution in [0.25, 0.3) is 0 Å². The van der Waals surface area contributed by atoms with Crippen LogP contribution in [-0.2, 0) is 4.74 Å². The molecule has 0 atom stereocenters. The third kappa shape index (κ3) is 2.98. The molecular formula is C11H19NO. The van der Waals surface area contributed by atoms with Crippen LogP contribution < -0.4 is 5.32 Å². The van der Waals surface area contributed by atoms with Crippen molar-refractivity contribution in [1.29, 1.82) is 0 Å². The number of nitrogens with one attached hydrogen (secondary N) is 1. The highest BCUT2D eigenvalue weighted by Gasteiger charge is 2.25. The van der Waals surface area contributed by atoms with Crippen molar-refractivity contribution in [2.75, 3.05) is 26.3 Å². The molecule has 0 fully saturated rings. The first kappa shape index (κ1) is 10.5. The van der Waals surface area contributed by atoms with E-state index in [0.717, 1.165) is 26.3 Å². The molecular weight excluding hydrogens is 162 g/mol. The van der Waals surface area contributed by atoms with Gasteiger partial charge in [0.25, 0.3) is 0 Å². The maximum Gasteiger partial charge on any atom is 0.0604 e. The van der Waals surface area contributed by atoms with Crippen molar-refractivity contribution < 1.29 is 4.74 Å². The number of hydrogen-bond acceptors (Lipinski definition) is 2. The monoisotopic (exact) mass is 181 g/mol. The first-order valence-corrected chi connectivity index (χ1v) is 4.98. The Morgan fingerprint density at radius 1 is 1.23 bits per heavy atom. The summed E-state index contributed by atoms with van der Waals surface area (Å²) >= 11 is 0. The zero-order chi connectivity index (χ0) is 9.57. The second-order valence-corrected chi connectivity index (χ2v) is 3.37. The largest absolute Gasteiger partial charge is 0.380 e. The average Bonchev–Trinajstić information content (AvgIpc) is 2.61. The van der Waals surface area contributed by atoms with Crippen LogP contribution >= 0.6 is 0 Å². The van der Waals surface area contributed by atoms with E-state index in [2.05, 4.69) is 36.5 Å². The van der Waals surface area contributed by atoms with Crippen molar-refractivity contribution in [2.45, 2.75) is 13.8 Å². The molecule has 0 radical (unpaired) electrons. The third-order valence-electron chi connectivity index (χ3n) is 2.25. The fourth-order valence-corrected chi connectivity index (χ4v) is 1.46. The molecule has 0 aromatic heterocycles. The first-order valence-electron chi connectivity index (χ1n) is 4.98. The maximum atomic E-state index is 5.48. The summed E-state index contributed by atoms with van der Waals surface area (Å²) in [6.07, 6.45) is 8.61. The summed E-state index contributed by atoms with van der Waals surface area (Å²) in [7, 11) is 0. The van der Waals surface area contributed by atoms with Crippen LogP contribution in [0.5, 0.6) is 0 Å². The number of rotatable bonds is 6. The second kappa shape index (κ2) is 5.20. The molecule has 2 heteroatoms. The van der Waals surface area contributed by atoms with Gasteiger partial charge in [0, 0.05) is 18.6 Å². The van der Waals surface area contributed by atoms with Gasteiger partial charge in [0.15, 0.2) is 0 Å². The Kier molecular flexibility index (Phi) is 4.19. The molecule has 13 heavy (non-hydrogen) atoms. The molecule has 0 amide bonds. The molecule has 1 rings (SSSR count). The molecule has 0 unspecified atom stereocenters. The zero-order valence-corrected chi connectivity index (χ0v) is 8.55. The van der Waals surface area contributed by atoms with Gasteiger partial charge in [-0.1, -0.05) is 31.2 Å². The van der Waals surface area contributed by atoms with Crippen molar-refractivity contribution in [3.05, 3.63) is 24.3 Å². The van der Waals surface area contributed by atoms with E-state index in [4.69, 9.17) is 4.74 Å². The van der Waals surface area contributed by atoms with Gasteiger partial charge in [-0.25, -0.2) is 0 Å². The summed E-state index contributed by atoms with van der Waals surface area (Å²) in [5.74, 6) is 0. The predicted octanol–water partition coefficient (Wildman–Crippen LogP) is 1.74. The van der Waals surface area contributed by atoms with Gasteiger partial charge in [-0.05, 0) is 13.5 Å². The van der Waals surface area contributed by atoms with E-state index in [1.54, 1.807) is 0 Å². The topological polar surface area (TPSA) is 21.3 Å². The van der Waals surface area contributed by atoms with Crippen molar-refractivity contribution in [3.63, 3.8) is 0 Å². The normalized spacial score (nSPS) is 18.3. The number of allylic oxidation sites excluding steroid dienone is 2. The van der Waals surface area contributed by atoms with Crippen LogP contribution in [0.3, 0.4) is 0 Å². The van der Waals surface area contributed by atoms with Gasteiger partial charge >= 0.3 is 0 Å². The molecule has 0 aromatic carbocycles. The van der Waals surface area contributed by atoms with E-state index >= 15 is 0 Å². The molecule has 74 valence electrons. The van der Waals surface area contributed by atoms with Crippen LogP contribution in [-0.4, -0.2) is 26.3 Å². The van der Waals surface area contributed by atoms with Gasteiger partial charge < -0.3 is 10.1 Å². The Hall–Kier alpha value is -0.600. The molecule has 0 aromatic rings. The van der Waals surface area contributed by atoms with E-state index < -0.39 is 0 Å². The zero-order valence-electron chi connectivity index (χ0n) is 8.55. The van der Waals surface area contributed by atoms with Crippen LogP contribution in [0.2, 0.25) is 0 Å². The van der Waals surface area contributed by atoms with E-state index in [1.165, 1.54) is 0 Å². The molecule has 0 aliphatic heterocycles. The lowest BCUT2D eigenvalue weighted by Crippen LogP contribution is -2.34. The van der Waals surface area contributed by atoms with Crippen molar-refractivity contribution in [1.82, 2.24) is 5.32 Å². The molecule has 0 spiro atoms. The van der Waals surface area contributed by atoms with Crippen molar-refractivity contribution >= 4 is 0 Å². The lowest BCUT2D eigenvalue weighted by molar-refractivity contribution is 0.0984. The quantitative estimate of drug-likeness (QED) is 0.674. The molecule has 2 nitrogen and oxygen atoms in total. The summed E-state index contributed by atoms with van der Waals surface area (Å²) < 4.78 is 5.48. The van der Waals surface area contributed by atoms with E-state index in [-0.39, 0.29) is 5.41 Å². The van der Waals surface area contributed by atoms with Gasteiger partial charge in [-0.15, -0.1) is 0 Å². The van der Waals surface area contributed by atoms with E-state index in [0.29, 0.717) is 0 Å². The lowest BCUT2D eigenvalue weighted by atomic mass is 9.91. The van der Waals surface area contributed by atoms with Gasteiger partial charge in [0.05, 0.1) is 6.61 Å². The maximum absolute atomic E-state index is 5.48. The molecule has 0 saturated carbocycles. The van der Waals surface area contributed by atoms with Gasteiger partial charge in [0.1, 0.15) is 0 Å². The van der Waals surface area contributed by atoms with Gasteiger partial charge in [0.2, 0.25) is 0 Å². The summed E-state index contributed by atoms with van der Waals surface area (Å²) in [6.45, 7) is 7.70. The van der Waals surface area contributed by atoms with Gasteiger partial charge in [-0.3, -0.25) is 0 Å². The third-order valence-corrected chi connectivity index (χ3v) is 2.25. The number of hydrogen-bond donors (Lipinski definition) is 1. The molecule has 1 N–H and O–H groups in total. The highest BCUT2D eigenvalue weighted by molar-refractivity contribution is 5.25. The smallest absolute Gasteiger partial charge is 0.0604 e. The minimum absolute atomic E-state index is 0.103. The summed E-state index contributed by atoms with van der Waals surface area (Å²) in [6, 6.07) is 0. The molecule has 0 heterocycles. The minimum Gasteiger partial charge on any atom is -0.380 e. The minimum atomic E-state index is 0.103. The van der Waals surface area contributed by atoms with Crippen LogP contribution in [0.4, 0.5) is 0 Å². The summed E-state index contributed by atoms with van der Waals surface area (Å²) in [5, 5.41) is 3.36. The Morgan fingerprint density at radius 3 is 2.46 bits per heavy atom. The van der Waals surface area contributed by atoms with E-state index in [9.17, 15) is 0 Å². The fourth-order valence-electron chi connectivity index (χ4n) is 1.46. The first-order chi connectivity index (χ1) is 6.33. The highest BCUT2D eigenvalue weighted by atomic mass is 16.5. The standard InChI is InChI=1S/C11H19NO/c1-3-12-9-11(10-13-4-2)7-5-6-8-11/h5-8,12H,3-4,9-10H2,1-2H3. The Bertz CT molecular complexity index is 174. The SMILES string of the molecule is CCNCC1(COCC)C=CC=C1. The van der Waals surface area contributed by atoms with Crippen LogP contribution in [0, 0.1) is 5.41 Å². The molecule has 1 aliphatic carbocycles. The van der Waals surface area contributed by atoms with Crippen LogP contribution in [0.15, 0.2) is 24.3 Å². The second-order valence-electron chi connectivity index (χ2n) is 3.37. The van der Waals surface area contributed by atoms with Gasteiger partial charge in [-0.2, -0.15) is 0 Å². The fraction of sp³-hybridized carbons (Fsp3) is 0.636. The Morgan fingerprint density at radius 2 is 1.92 bits per heavy atom. The average molecular weight is 181 g/mol. The predicted molar refractivity (Wildman–Crippen MR) is 55.7 cm³/mol. The lowest BCUT2D eigenvalue weighted by Gasteiger charge is -2.25. The van der Waals surface area contributed by atoms with Crippen molar-refractivity contribution in [2.24, 2.45) is 5.41 Å². The van der Waals surface area contributed by atoms with Crippen molar-refractivity contribution in [3.8, 4) is 0 Å². The molecule has 0 saturated heterocycles. The Balaban J connectivity index is 2.44. The highest BCUT2D eigenvalue weighted by Crippen LogP contribution is 2.25. The molecule has 0 bridgehead atoms. The molecule has 1 aliphatic rings. The van der Waals surface area contributed by atoms with Crippen LogP contribution in [0.1, 0.15) is 13.8 Å².